The van der Waals surface area contributed by atoms with Crippen molar-refractivity contribution in [2.24, 2.45) is 5.92 Å². The minimum absolute atomic E-state index is 0.0244. The first-order chi connectivity index (χ1) is 5.76. The molecule has 2 nitrogen and oxygen atoms in total. The molecule has 70 valence electrons. The lowest BCUT2D eigenvalue weighted by Gasteiger charge is -2.15. The standard InChI is InChI=1S/C10H18O2/c1-3-9(4-2)10(12)7-5-6-8-11/h3-4,9-12H,1-2,5-8H2. The lowest BCUT2D eigenvalue weighted by atomic mass is 9.98. The first-order valence-corrected chi connectivity index (χ1v) is 4.30. The molecule has 0 aromatic rings. The zero-order valence-electron chi connectivity index (χ0n) is 7.45. The van der Waals surface area contributed by atoms with E-state index in [9.17, 15) is 5.11 Å². The third kappa shape index (κ3) is 4.31. The molecule has 0 aromatic carbocycles. The second kappa shape index (κ2) is 7.07. The van der Waals surface area contributed by atoms with Crippen LogP contribution in [0, 0.1) is 5.92 Å². The molecule has 0 spiro atoms. The third-order valence-electron chi connectivity index (χ3n) is 1.90. The average Bonchev–Trinajstić information content (AvgIpc) is 2.07. The molecule has 0 aromatic heterocycles. The smallest absolute Gasteiger partial charge is 0.0637 e. The molecule has 0 heterocycles. The Morgan fingerprint density at radius 2 is 1.75 bits per heavy atom. The van der Waals surface area contributed by atoms with Gasteiger partial charge < -0.3 is 10.2 Å². The van der Waals surface area contributed by atoms with Crippen LogP contribution in [0.2, 0.25) is 0 Å². The zero-order chi connectivity index (χ0) is 9.40. The largest absolute Gasteiger partial charge is 0.396 e. The van der Waals surface area contributed by atoms with Crippen molar-refractivity contribution >= 4 is 0 Å². The fourth-order valence-electron chi connectivity index (χ4n) is 1.07. The van der Waals surface area contributed by atoms with Gasteiger partial charge in [0.15, 0.2) is 0 Å². The van der Waals surface area contributed by atoms with Gasteiger partial charge in [-0.15, -0.1) is 13.2 Å². The Hall–Kier alpha value is -0.600. The predicted molar refractivity (Wildman–Crippen MR) is 50.8 cm³/mol. The first-order valence-electron chi connectivity index (χ1n) is 4.30. The summed E-state index contributed by atoms with van der Waals surface area (Å²) in [5.41, 5.74) is 0. The molecule has 0 amide bonds. The molecule has 0 radical (unpaired) electrons. The minimum atomic E-state index is -0.397. The maximum absolute atomic E-state index is 9.51. The minimum Gasteiger partial charge on any atom is -0.396 e. The van der Waals surface area contributed by atoms with Crippen LogP contribution >= 0.6 is 0 Å². The fourth-order valence-corrected chi connectivity index (χ4v) is 1.07. The molecule has 0 aliphatic rings. The van der Waals surface area contributed by atoms with Gasteiger partial charge >= 0.3 is 0 Å². The highest BCUT2D eigenvalue weighted by Gasteiger charge is 2.10. The van der Waals surface area contributed by atoms with Gasteiger partial charge in [-0.05, 0) is 19.3 Å². The van der Waals surface area contributed by atoms with Gasteiger partial charge in [0.1, 0.15) is 0 Å². The van der Waals surface area contributed by atoms with Gasteiger partial charge in [0.05, 0.1) is 6.10 Å². The van der Waals surface area contributed by atoms with E-state index in [0.717, 1.165) is 12.8 Å². The fraction of sp³-hybridized carbons (Fsp3) is 0.600. The lowest BCUT2D eigenvalue weighted by molar-refractivity contribution is 0.133. The van der Waals surface area contributed by atoms with Crippen LogP contribution in [0.3, 0.4) is 0 Å². The van der Waals surface area contributed by atoms with Crippen molar-refractivity contribution in [3.8, 4) is 0 Å². The Labute approximate surface area is 74.2 Å². The van der Waals surface area contributed by atoms with E-state index in [1.165, 1.54) is 0 Å². The number of hydrogen-bond donors (Lipinski definition) is 2. The molecular weight excluding hydrogens is 152 g/mol. The number of aliphatic hydroxyl groups excluding tert-OH is 2. The van der Waals surface area contributed by atoms with Gasteiger partial charge in [0.25, 0.3) is 0 Å². The van der Waals surface area contributed by atoms with E-state index in [4.69, 9.17) is 5.11 Å². The van der Waals surface area contributed by atoms with E-state index < -0.39 is 6.10 Å². The van der Waals surface area contributed by atoms with Gasteiger partial charge in [-0.3, -0.25) is 0 Å². The van der Waals surface area contributed by atoms with Crippen molar-refractivity contribution in [1.82, 2.24) is 0 Å². The molecule has 0 rings (SSSR count). The van der Waals surface area contributed by atoms with E-state index >= 15 is 0 Å². The molecular formula is C10H18O2. The zero-order valence-corrected chi connectivity index (χ0v) is 7.45. The van der Waals surface area contributed by atoms with E-state index in [1.54, 1.807) is 12.2 Å². The van der Waals surface area contributed by atoms with Crippen LogP contribution < -0.4 is 0 Å². The Balaban J connectivity index is 3.60. The number of rotatable bonds is 7. The highest BCUT2D eigenvalue weighted by atomic mass is 16.3. The van der Waals surface area contributed by atoms with Crippen molar-refractivity contribution in [3.05, 3.63) is 25.3 Å². The average molecular weight is 170 g/mol. The summed E-state index contributed by atoms with van der Waals surface area (Å²) in [6, 6.07) is 0. The maximum atomic E-state index is 9.51. The summed E-state index contributed by atoms with van der Waals surface area (Å²) in [4.78, 5) is 0. The number of unbranched alkanes of at least 4 members (excludes halogenated alkanes) is 1. The van der Waals surface area contributed by atoms with Crippen LogP contribution in [0.15, 0.2) is 25.3 Å². The van der Waals surface area contributed by atoms with Crippen molar-refractivity contribution < 1.29 is 10.2 Å². The highest BCUT2D eigenvalue weighted by Crippen LogP contribution is 2.12. The van der Waals surface area contributed by atoms with Crippen LogP contribution in [0.4, 0.5) is 0 Å². The monoisotopic (exact) mass is 170 g/mol. The van der Waals surface area contributed by atoms with Crippen LogP contribution in [0.1, 0.15) is 19.3 Å². The summed E-state index contributed by atoms with van der Waals surface area (Å²) in [5, 5.41) is 18.0. The number of aliphatic hydroxyl groups is 2. The van der Waals surface area contributed by atoms with Crippen LogP contribution in [-0.4, -0.2) is 22.9 Å². The summed E-state index contributed by atoms with van der Waals surface area (Å²) < 4.78 is 0. The second-order valence-corrected chi connectivity index (χ2v) is 2.84. The predicted octanol–water partition coefficient (Wildman–Crippen LogP) is 1.50. The first kappa shape index (κ1) is 11.4. The van der Waals surface area contributed by atoms with Crippen LogP contribution in [0.5, 0.6) is 0 Å². The molecule has 0 aliphatic heterocycles. The third-order valence-corrected chi connectivity index (χ3v) is 1.90. The van der Waals surface area contributed by atoms with Crippen molar-refractivity contribution in [2.75, 3.05) is 6.61 Å². The van der Waals surface area contributed by atoms with Crippen LogP contribution in [0.25, 0.3) is 0 Å². The van der Waals surface area contributed by atoms with Gasteiger partial charge in [-0.2, -0.15) is 0 Å². The normalized spacial score (nSPS) is 12.9. The maximum Gasteiger partial charge on any atom is 0.0637 e. The van der Waals surface area contributed by atoms with Crippen molar-refractivity contribution in [3.63, 3.8) is 0 Å². The van der Waals surface area contributed by atoms with Gasteiger partial charge in [0.2, 0.25) is 0 Å². The summed E-state index contributed by atoms with van der Waals surface area (Å²) >= 11 is 0. The molecule has 0 aliphatic carbocycles. The Morgan fingerprint density at radius 1 is 1.17 bits per heavy atom. The second-order valence-electron chi connectivity index (χ2n) is 2.84. The molecule has 0 fully saturated rings. The van der Waals surface area contributed by atoms with Gasteiger partial charge in [-0.25, -0.2) is 0 Å². The quantitative estimate of drug-likeness (QED) is 0.449. The Kier molecular flexibility index (Phi) is 6.72. The Morgan fingerprint density at radius 3 is 2.17 bits per heavy atom. The highest BCUT2D eigenvalue weighted by molar-refractivity contribution is 4.96. The van der Waals surface area contributed by atoms with Crippen molar-refractivity contribution in [2.45, 2.75) is 25.4 Å². The molecule has 0 saturated carbocycles. The van der Waals surface area contributed by atoms with Gasteiger partial charge in [0, 0.05) is 12.5 Å². The summed E-state index contributed by atoms with van der Waals surface area (Å²) in [5.74, 6) is -0.0244. The van der Waals surface area contributed by atoms with E-state index in [2.05, 4.69) is 13.2 Å². The molecule has 2 heteroatoms. The van der Waals surface area contributed by atoms with Crippen molar-refractivity contribution in [1.29, 1.82) is 0 Å². The summed E-state index contributed by atoms with van der Waals surface area (Å²) in [6.45, 7) is 7.40. The van der Waals surface area contributed by atoms with E-state index in [-0.39, 0.29) is 12.5 Å². The number of hydrogen-bond acceptors (Lipinski definition) is 2. The molecule has 12 heavy (non-hydrogen) atoms. The van der Waals surface area contributed by atoms with Crippen LogP contribution in [-0.2, 0) is 0 Å². The molecule has 2 N–H and O–H groups in total. The van der Waals surface area contributed by atoms with Gasteiger partial charge in [-0.1, -0.05) is 12.2 Å². The Bertz CT molecular complexity index is 124. The summed E-state index contributed by atoms with van der Waals surface area (Å²) in [6.07, 6.45) is 5.27. The lowest BCUT2D eigenvalue weighted by Crippen LogP contribution is -2.16. The topological polar surface area (TPSA) is 40.5 Å². The SMILES string of the molecule is C=CC(C=C)C(O)CCCCO. The molecule has 0 saturated heterocycles. The molecule has 1 atom stereocenters. The molecule has 1 unspecified atom stereocenters. The summed E-state index contributed by atoms with van der Waals surface area (Å²) in [7, 11) is 0. The molecule has 0 bridgehead atoms. The van der Waals surface area contributed by atoms with E-state index in [0.29, 0.717) is 6.42 Å². The van der Waals surface area contributed by atoms with E-state index in [1.807, 2.05) is 0 Å².